The molecule has 27 heavy (non-hydrogen) atoms. The van der Waals surface area contributed by atoms with E-state index >= 15 is 0 Å². The van der Waals surface area contributed by atoms with E-state index in [-0.39, 0.29) is 24.4 Å². The van der Waals surface area contributed by atoms with Crippen LogP contribution in [0, 0.1) is 12.8 Å². The number of aromatic nitrogens is 3. The van der Waals surface area contributed by atoms with Gasteiger partial charge in [0.05, 0.1) is 12.3 Å². The second-order valence-electron chi connectivity index (χ2n) is 6.44. The molecule has 0 saturated carbocycles. The van der Waals surface area contributed by atoms with Crippen LogP contribution in [0.4, 0.5) is 0 Å². The van der Waals surface area contributed by atoms with Gasteiger partial charge >= 0.3 is 5.97 Å². The molecule has 1 unspecified atom stereocenters. The van der Waals surface area contributed by atoms with E-state index in [1.54, 1.807) is 26.1 Å². The minimum atomic E-state index is -0.969. The fraction of sp³-hybridized carbons (Fsp3) is 0.556. The molecule has 0 radical (unpaired) electrons. The lowest BCUT2D eigenvalue weighted by molar-refractivity contribution is -0.143. The van der Waals surface area contributed by atoms with Crippen molar-refractivity contribution in [3.63, 3.8) is 0 Å². The van der Waals surface area contributed by atoms with Gasteiger partial charge in [-0.2, -0.15) is 0 Å². The lowest BCUT2D eigenvalue weighted by atomic mass is 10.1. The van der Waals surface area contributed by atoms with Crippen LogP contribution in [-0.2, 0) is 20.7 Å². The first-order valence-electron chi connectivity index (χ1n) is 8.99. The number of aromatic amines is 1. The molecule has 1 atom stereocenters. The number of carboxylic acid groups (broad SMARTS) is 1. The highest BCUT2D eigenvalue weighted by Gasteiger charge is 2.23. The average molecular weight is 378 g/mol. The molecule has 0 fully saturated rings. The van der Waals surface area contributed by atoms with Gasteiger partial charge in [0, 0.05) is 49.8 Å². The fourth-order valence-electron chi connectivity index (χ4n) is 2.80. The van der Waals surface area contributed by atoms with Crippen LogP contribution in [0.5, 0.6) is 0 Å². The van der Waals surface area contributed by atoms with E-state index in [1.165, 1.54) is 9.42 Å². The summed E-state index contributed by atoms with van der Waals surface area (Å²) in [5.74, 6) is -1.97. The monoisotopic (exact) mass is 378 g/mol. The van der Waals surface area contributed by atoms with Crippen LogP contribution in [0.25, 0.3) is 5.65 Å². The molecule has 2 rings (SSSR count). The summed E-state index contributed by atoms with van der Waals surface area (Å²) in [5.41, 5.74) is 0.962. The SMILES string of the molecule is CCOCCCN(CC(C)C(=O)O)C(=O)Cc1c(C)nc2cc[nH]n2c1=O. The van der Waals surface area contributed by atoms with Gasteiger partial charge in [-0.1, -0.05) is 6.92 Å². The Hall–Kier alpha value is -2.68. The van der Waals surface area contributed by atoms with Gasteiger partial charge in [-0.05, 0) is 20.3 Å². The number of rotatable bonds is 10. The van der Waals surface area contributed by atoms with Gasteiger partial charge in [0.2, 0.25) is 5.91 Å². The number of aliphatic carboxylic acids is 1. The van der Waals surface area contributed by atoms with Gasteiger partial charge in [0.1, 0.15) is 0 Å². The van der Waals surface area contributed by atoms with Gasteiger partial charge < -0.3 is 14.7 Å². The van der Waals surface area contributed by atoms with E-state index in [0.29, 0.717) is 43.1 Å². The van der Waals surface area contributed by atoms with Gasteiger partial charge in [0.25, 0.3) is 5.56 Å². The van der Waals surface area contributed by atoms with Crippen molar-refractivity contribution < 1.29 is 19.4 Å². The number of amides is 1. The Morgan fingerprint density at radius 2 is 2.19 bits per heavy atom. The van der Waals surface area contributed by atoms with E-state index in [4.69, 9.17) is 9.84 Å². The number of nitrogens with zero attached hydrogens (tertiary/aromatic N) is 3. The molecule has 0 aliphatic rings. The molecule has 0 bridgehead atoms. The van der Waals surface area contributed by atoms with Crippen molar-refractivity contribution in [1.82, 2.24) is 19.5 Å². The van der Waals surface area contributed by atoms with E-state index in [0.717, 1.165) is 0 Å². The van der Waals surface area contributed by atoms with Crippen molar-refractivity contribution in [3.8, 4) is 0 Å². The lowest BCUT2D eigenvalue weighted by Gasteiger charge is -2.24. The Labute approximate surface area is 156 Å². The molecule has 148 valence electrons. The van der Waals surface area contributed by atoms with E-state index in [2.05, 4.69) is 10.1 Å². The van der Waals surface area contributed by atoms with Crippen LogP contribution in [0.3, 0.4) is 0 Å². The van der Waals surface area contributed by atoms with Crippen LogP contribution >= 0.6 is 0 Å². The van der Waals surface area contributed by atoms with Crippen LogP contribution in [0.1, 0.15) is 31.5 Å². The first-order valence-corrected chi connectivity index (χ1v) is 8.99. The topological polar surface area (TPSA) is 117 Å². The van der Waals surface area contributed by atoms with Gasteiger partial charge in [-0.3, -0.25) is 19.5 Å². The number of hydrogen-bond donors (Lipinski definition) is 2. The summed E-state index contributed by atoms with van der Waals surface area (Å²) in [5, 5.41) is 11.9. The highest BCUT2D eigenvalue weighted by Crippen LogP contribution is 2.09. The maximum atomic E-state index is 12.8. The highest BCUT2D eigenvalue weighted by atomic mass is 16.5. The standard InChI is InChI=1S/C18H26N4O5/c1-4-27-9-5-8-21(11-12(2)18(25)26)16(23)10-14-13(3)20-15-6-7-19-22(15)17(14)24/h6-7,12,19H,4-5,8-11H2,1-3H3,(H,25,26). The molecule has 9 nitrogen and oxygen atoms in total. The van der Waals surface area contributed by atoms with Crippen molar-refractivity contribution >= 4 is 17.5 Å². The molecule has 0 aromatic carbocycles. The van der Waals surface area contributed by atoms with Crippen LogP contribution < -0.4 is 5.56 Å². The van der Waals surface area contributed by atoms with Crippen molar-refractivity contribution in [2.24, 2.45) is 5.92 Å². The Morgan fingerprint density at radius 3 is 2.85 bits per heavy atom. The van der Waals surface area contributed by atoms with E-state index in [1.807, 2.05) is 6.92 Å². The van der Waals surface area contributed by atoms with Crippen molar-refractivity contribution in [2.75, 3.05) is 26.3 Å². The lowest BCUT2D eigenvalue weighted by Crippen LogP contribution is -2.40. The second kappa shape index (κ2) is 9.31. The normalized spacial score (nSPS) is 12.3. The maximum absolute atomic E-state index is 12.8. The molecule has 0 spiro atoms. The van der Waals surface area contributed by atoms with Crippen LogP contribution in [-0.4, -0.2) is 62.8 Å². The predicted molar refractivity (Wildman–Crippen MR) is 98.7 cm³/mol. The van der Waals surface area contributed by atoms with Gasteiger partial charge in [0.15, 0.2) is 5.65 Å². The van der Waals surface area contributed by atoms with Crippen LogP contribution in [0.2, 0.25) is 0 Å². The number of ether oxygens (including phenoxy) is 1. The zero-order chi connectivity index (χ0) is 20.0. The van der Waals surface area contributed by atoms with Crippen molar-refractivity contribution in [3.05, 3.63) is 33.9 Å². The number of fused-ring (bicyclic) bond motifs is 1. The smallest absolute Gasteiger partial charge is 0.308 e. The molecule has 0 saturated heterocycles. The molecule has 0 aliphatic carbocycles. The number of carboxylic acids is 1. The summed E-state index contributed by atoms with van der Waals surface area (Å²) >= 11 is 0. The number of hydrogen-bond acceptors (Lipinski definition) is 5. The van der Waals surface area contributed by atoms with E-state index in [9.17, 15) is 14.4 Å². The number of carbonyl (C=O) groups is 2. The maximum Gasteiger partial charge on any atom is 0.308 e. The third-order valence-electron chi connectivity index (χ3n) is 4.36. The largest absolute Gasteiger partial charge is 0.481 e. The van der Waals surface area contributed by atoms with Gasteiger partial charge in [-0.25, -0.2) is 9.50 Å². The summed E-state index contributed by atoms with van der Waals surface area (Å²) in [6.45, 7) is 6.65. The second-order valence-corrected chi connectivity index (χ2v) is 6.44. The summed E-state index contributed by atoms with van der Waals surface area (Å²) in [6.07, 6.45) is 2.07. The first-order chi connectivity index (χ1) is 12.8. The molecule has 0 aliphatic heterocycles. The molecule has 9 heteroatoms. The summed E-state index contributed by atoms with van der Waals surface area (Å²) < 4.78 is 6.58. The fourth-order valence-corrected chi connectivity index (χ4v) is 2.80. The number of H-pyrrole nitrogens is 1. The summed E-state index contributed by atoms with van der Waals surface area (Å²) in [4.78, 5) is 42.4. The average Bonchev–Trinajstić information content (AvgIpc) is 3.09. The van der Waals surface area contributed by atoms with Crippen LogP contribution in [0.15, 0.2) is 17.1 Å². The van der Waals surface area contributed by atoms with E-state index < -0.39 is 11.9 Å². The van der Waals surface area contributed by atoms with Gasteiger partial charge in [-0.15, -0.1) is 0 Å². The molecule has 2 aromatic heterocycles. The Bertz CT molecular complexity index is 857. The first kappa shape index (κ1) is 20.6. The number of aryl methyl sites for hydroxylation is 1. The molecule has 2 heterocycles. The molecule has 2 aromatic rings. The summed E-state index contributed by atoms with van der Waals surface area (Å²) in [6, 6.07) is 1.68. The number of nitrogens with one attached hydrogen (secondary N) is 1. The predicted octanol–water partition coefficient (Wildman–Crippen LogP) is 0.849. The molecule has 1 amide bonds. The molecule has 2 N–H and O–H groups in total. The zero-order valence-electron chi connectivity index (χ0n) is 15.9. The Morgan fingerprint density at radius 1 is 1.44 bits per heavy atom. The zero-order valence-corrected chi connectivity index (χ0v) is 15.9. The summed E-state index contributed by atoms with van der Waals surface area (Å²) in [7, 11) is 0. The number of carbonyl (C=O) groups excluding carboxylic acids is 1. The highest BCUT2D eigenvalue weighted by molar-refractivity contribution is 5.80. The minimum Gasteiger partial charge on any atom is -0.481 e. The third kappa shape index (κ3) is 5.16. The third-order valence-corrected chi connectivity index (χ3v) is 4.36. The Kier molecular flexibility index (Phi) is 7.12. The Balaban J connectivity index is 2.18. The molecular formula is C18H26N4O5. The van der Waals surface area contributed by atoms with Crippen molar-refractivity contribution in [1.29, 1.82) is 0 Å². The minimum absolute atomic E-state index is 0.0822. The quantitative estimate of drug-likeness (QED) is 0.592. The molecular weight excluding hydrogens is 352 g/mol. The van der Waals surface area contributed by atoms with Crippen molar-refractivity contribution in [2.45, 2.75) is 33.6 Å².